The largest absolute Gasteiger partial charge is 0.493 e. The van der Waals surface area contributed by atoms with Crippen molar-refractivity contribution >= 4 is 11.8 Å². The van der Waals surface area contributed by atoms with Crippen molar-refractivity contribution in [3.8, 4) is 5.75 Å². The molecule has 0 radical (unpaired) electrons. The van der Waals surface area contributed by atoms with Gasteiger partial charge in [0, 0.05) is 24.7 Å². The number of ether oxygens (including phenoxy) is 1. The predicted molar refractivity (Wildman–Crippen MR) is 95.4 cm³/mol. The van der Waals surface area contributed by atoms with Crippen LogP contribution in [0.25, 0.3) is 0 Å². The van der Waals surface area contributed by atoms with Crippen LogP contribution in [0.15, 0.2) is 41.0 Å². The average molecular weight is 354 g/mol. The molecule has 2 aliphatic rings. The number of carbonyl (C=O) groups is 2. The van der Waals surface area contributed by atoms with Crippen molar-refractivity contribution in [1.29, 1.82) is 0 Å². The summed E-state index contributed by atoms with van der Waals surface area (Å²) in [6.45, 7) is 1.92. The molecule has 136 valence electrons. The van der Waals surface area contributed by atoms with E-state index >= 15 is 0 Å². The van der Waals surface area contributed by atoms with Crippen LogP contribution < -0.4 is 10.1 Å². The van der Waals surface area contributed by atoms with Crippen LogP contribution in [0.3, 0.4) is 0 Å². The normalized spacial score (nSPS) is 19.4. The third-order valence-corrected chi connectivity index (χ3v) is 4.95. The number of rotatable bonds is 3. The minimum absolute atomic E-state index is 0.0533. The smallest absolute Gasteiger partial charge is 0.289 e. The van der Waals surface area contributed by atoms with E-state index in [0.717, 1.165) is 43.6 Å². The van der Waals surface area contributed by atoms with Crippen LogP contribution in [0.1, 0.15) is 45.7 Å². The Labute approximate surface area is 152 Å². The highest BCUT2D eigenvalue weighted by Gasteiger charge is 2.27. The minimum Gasteiger partial charge on any atom is -0.493 e. The number of hydrogen-bond donors (Lipinski definition) is 1. The van der Waals surface area contributed by atoms with E-state index in [9.17, 15) is 9.59 Å². The van der Waals surface area contributed by atoms with Crippen LogP contribution in [-0.4, -0.2) is 42.5 Å². The van der Waals surface area contributed by atoms with E-state index in [2.05, 4.69) is 5.32 Å². The van der Waals surface area contributed by atoms with Gasteiger partial charge in [-0.2, -0.15) is 0 Å². The van der Waals surface area contributed by atoms with E-state index in [0.29, 0.717) is 24.4 Å². The Bertz CT molecular complexity index is 800. The second kappa shape index (κ2) is 7.23. The van der Waals surface area contributed by atoms with Gasteiger partial charge in [0.1, 0.15) is 5.75 Å². The summed E-state index contributed by atoms with van der Waals surface area (Å²) >= 11 is 0. The van der Waals surface area contributed by atoms with Crippen molar-refractivity contribution < 1.29 is 18.7 Å². The maximum atomic E-state index is 12.6. The minimum atomic E-state index is -0.125. The van der Waals surface area contributed by atoms with Gasteiger partial charge in [0.15, 0.2) is 5.76 Å². The first kappa shape index (κ1) is 16.7. The van der Waals surface area contributed by atoms with Gasteiger partial charge in [0.05, 0.1) is 12.9 Å². The number of carbonyl (C=O) groups excluding carboxylic acids is 2. The van der Waals surface area contributed by atoms with Crippen LogP contribution in [-0.2, 0) is 6.42 Å². The lowest BCUT2D eigenvalue weighted by atomic mass is 10.0. The Morgan fingerprint density at radius 2 is 2.12 bits per heavy atom. The SMILES string of the molecule is O=C(NC1CCCN(C(=O)c2ccco2)C1)c1ccc2c(c1)CCCO2. The number of hydrogen-bond acceptors (Lipinski definition) is 4. The highest BCUT2D eigenvalue weighted by Crippen LogP contribution is 2.25. The summed E-state index contributed by atoms with van der Waals surface area (Å²) < 4.78 is 10.8. The van der Waals surface area contributed by atoms with Crippen molar-refractivity contribution in [2.45, 2.75) is 31.7 Å². The zero-order chi connectivity index (χ0) is 17.9. The molecule has 0 aliphatic carbocycles. The van der Waals surface area contributed by atoms with Crippen LogP contribution in [0.2, 0.25) is 0 Å². The maximum absolute atomic E-state index is 12.6. The number of fused-ring (bicyclic) bond motifs is 1. The topological polar surface area (TPSA) is 71.8 Å². The molecule has 2 aliphatic heterocycles. The summed E-state index contributed by atoms with van der Waals surface area (Å²) in [5, 5.41) is 3.07. The first-order chi connectivity index (χ1) is 12.7. The van der Waals surface area contributed by atoms with E-state index in [-0.39, 0.29) is 17.9 Å². The molecule has 6 nitrogen and oxygen atoms in total. The molecule has 1 aromatic heterocycles. The predicted octanol–water partition coefficient (Wildman–Crippen LogP) is 2.64. The van der Waals surface area contributed by atoms with E-state index in [1.54, 1.807) is 23.1 Å². The molecular formula is C20H22N2O4. The van der Waals surface area contributed by atoms with Gasteiger partial charge >= 0.3 is 0 Å². The lowest BCUT2D eigenvalue weighted by molar-refractivity contribution is 0.0647. The molecule has 1 fully saturated rings. The lowest BCUT2D eigenvalue weighted by Gasteiger charge is -2.32. The number of furan rings is 1. The second-order valence-corrected chi connectivity index (χ2v) is 6.82. The van der Waals surface area contributed by atoms with Crippen LogP contribution in [0.4, 0.5) is 0 Å². The first-order valence-corrected chi connectivity index (χ1v) is 9.10. The molecule has 1 atom stereocenters. The van der Waals surface area contributed by atoms with Crippen molar-refractivity contribution in [2.24, 2.45) is 0 Å². The van der Waals surface area contributed by atoms with Crippen LogP contribution >= 0.6 is 0 Å². The molecule has 6 heteroatoms. The van der Waals surface area contributed by atoms with Gasteiger partial charge in [-0.1, -0.05) is 0 Å². The fourth-order valence-corrected chi connectivity index (χ4v) is 3.61. The van der Waals surface area contributed by atoms with Crippen LogP contribution in [0, 0.1) is 0 Å². The van der Waals surface area contributed by atoms with Gasteiger partial charge in [0.2, 0.25) is 0 Å². The second-order valence-electron chi connectivity index (χ2n) is 6.82. The molecular weight excluding hydrogens is 332 g/mol. The summed E-state index contributed by atoms with van der Waals surface area (Å²) in [5.41, 5.74) is 1.73. The summed E-state index contributed by atoms with van der Waals surface area (Å²) in [4.78, 5) is 26.8. The standard InChI is InChI=1S/C20H22N2O4/c23-19(15-7-8-17-14(12-15)4-2-10-25-17)21-16-5-1-9-22(13-16)20(24)18-6-3-11-26-18/h3,6-8,11-12,16H,1-2,4-5,9-10,13H2,(H,21,23). The van der Waals surface area contributed by atoms with E-state index in [1.165, 1.54) is 6.26 Å². The molecule has 0 spiro atoms. The van der Waals surface area contributed by atoms with Crippen molar-refractivity contribution in [2.75, 3.05) is 19.7 Å². The van der Waals surface area contributed by atoms with Gasteiger partial charge in [-0.3, -0.25) is 9.59 Å². The monoisotopic (exact) mass is 354 g/mol. The van der Waals surface area contributed by atoms with Crippen molar-refractivity contribution in [1.82, 2.24) is 10.2 Å². The summed E-state index contributed by atoms with van der Waals surface area (Å²) in [6.07, 6.45) is 5.13. The molecule has 1 saturated heterocycles. The Morgan fingerprint density at radius 3 is 2.96 bits per heavy atom. The molecule has 1 aromatic carbocycles. The number of benzene rings is 1. The zero-order valence-corrected chi connectivity index (χ0v) is 14.6. The van der Waals surface area contributed by atoms with Crippen LogP contribution in [0.5, 0.6) is 5.75 Å². The Hall–Kier alpha value is -2.76. The van der Waals surface area contributed by atoms with Gasteiger partial charge in [-0.15, -0.1) is 0 Å². The quantitative estimate of drug-likeness (QED) is 0.920. The third-order valence-electron chi connectivity index (χ3n) is 4.95. The molecule has 2 amide bonds. The van der Waals surface area contributed by atoms with Crippen molar-refractivity contribution in [3.63, 3.8) is 0 Å². The number of nitrogens with one attached hydrogen (secondary N) is 1. The van der Waals surface area contributed by atoms with E-state index in [4.69, 9.17) is 9.15 Å². The third kappa shape index (κ3) is 3.45. The Morgan fingerprint density at radius 1 is 1.19 bits per heavy atom. The van der Waals surface area contributed by atoms with Crippen molar-refractivity contribution in [3.05, 3.63) is 53.5 Å². The number of amides is 2. The molecule has 3 heterocycles. The highest BCUT2D eigenvalue weighted by atomic mass is 16.5. The van der Waals surface area contributed by atoms with E-state index in [1.807, 2.05) is 12.1 Å². The number of piperidine rings is 1. The molecule has 1 N–H and O–H groups in total. The summed E-state index contributed by atoms with van der Waals surface area (Å²) in [7, 11) is 0. The molecule has 2 aromatic rings. The lowest BCUT2D eigenvalue weighted by Crippen LogP contribution is -2.49. The molecule has 4 rings (SSSR count). The Kier molecular flexibility index (Phi) is 4.65. The van der Waals surface area contributed by atoms with E-state index < -0.39 is 0 Å². The fourth-order valence-electron chi connectivity index (χ4n) is 3.61. The van der Waals surface area contributed by atoms with Gasteiger partial charge in [0.25, 0.3) is 11.8 Å². The average Bonchev–Trinajstić information content (AvgIpc) is 3.22. The number of aryl methyl sites for hydroxylation is 1. The molecule has 26 heavy (non-hydrogen) atoms. The zero-order valence-electron chi connectivity index (χ0n) is 14.6. The van der Waals surface area contributed by atoms with Gasteiger partial charge < -0.3 is 19.4 Å². The first-order valence-electron chi connectivity index (χ1n) is 9.10. The fraction of sp³-hybridized carbons (Fsp3) is 0.400. The molecule has 0 bridgehead atoms. The van der Waals surface area contributed by atoms with Gasteiger partial charge in [-0.05, 0) is 61.6 Å². The Balaban J connectivity index is 1.40. The molecule has 0 saturated carbocycles. The van der Waals surface area contributed by atoms with Gasteiger partial charge in [-0.25, -0.2) is 0 Å². The molecule has 1 unspecified atom stereocenters. The number of likely N-dealkylation sites (tertiary alicyclic amines) is 1. The summed E-state index contributed by atoms with van der Waals surface area (Å²) in [6, 6.07) is 8.90. The number of nitrogens with zero attached hydrogens (tertiary/aromatic N) is 1. The highest BCUT2D eigenvalue weighted by molar-refractivity contribution is 5.95. The summed E-state index contributed by atoms with van der Waals surface area (Å²) in [5.74, 6) is 0.989. The maximum Gasteiger partial charge on any atom is 0.289 e.